The molecule has 1 atom stereocenters. The van der Waals surface area contributed by atoms with Crippen molar-refractivity contribution in [1.29, 1.82) is 0 Å². The number of nitrogens with one attached hydrogen (secondary N) is 1. The first-order valence-electron chi connectivity index (χ1n) is 6.94. The molecule has 0 aromatic heterocycles. The molecule has 18 heavy (non-hydrogen) atoms. The monoisotopic (exact) mass is 247 g/mol. The van der Waals surface area contributed by atoms with Gasteiger partial charge in [-0.05, 0) is 36.1 Å². The molecule has 1 unspecified atom stereocenters. The van der Waals surface area contributed by atoms with Crippen LogP contribution in [0.15, 0.2) is 12.1 Å². The van der Waals surface area contributed by atoms with Crippen LogP contribution in [0.5, 0.6) is 5.75 Å². The lowest BCUT2D eigenvalue weighted by molar-refractivity contribution is 0.252. The molecule has 0 saturated heterocycles. The summed E-state index contributed by atoms with van der Waals surface area (Å²) in [7, 11) is 0. The zero-order chi connectivity index (χ0) is 13.3. The first kappa shape index (κ1) is 13.4. The Balaban J connectivity index is 2.48. The summed E-state index contributed by atoms with van der Waals surface area (Å²) < 4.78 is 5.86. The van der Waals surface area contributed by atoms with Crippen LogP contribution in [0.4, 0.5) is 0 Å². The topological polar surface area (TPSA) is 21.3 Å². The van der Waals surface area contributed by atoms with Gasteiger partial charge in [0.15, 0.2) is 0 Å². The number of hydrogen-bond acceptors (Lipinski definition) is 2. The average Bonchev–Trinajstić information content (AvgIpc) is 2.29. The van der Waals surface area contributed by atoms with E-state index in [1.807, 2.05) is 0 Å². The molecule has 1 N–H and O–H groups in total. The summed E-state index contributed by atoms with van der Waals surface area (Å²) in [5.74, 6) is 1.10. The molecule has 1 aromatic carbocycles. The van der Waals surface area contributed by atoms with E-state index in [1.54, 1.807) is 0 Å². The van der Waals surface area contributed by atoms with Crippen LogP contribution in [-0.2, 0) is 5.41 Å². The van der Waals surface area contributed by atoms with Crippen LogP contribution in [0.3, 0.4) is 0 Å². The number of hydrogen-bond donors (Lipinski definition) is 1. The van der Waals surface area contributed by atoms with Crippen molar-refractivity contribution >= 4 is 0 Å². The van der Waals surface area contributed by atoms with Crippen molar-refractivity contribution in [3.63, 3.8) is 0 Å². The first-order valence-corrected chi connectivity index (χ1v) is 6.94. The summed E-state index contributed by atoms with van der Waals surface area (Å²) in [4.78, 5) is 0. The third-order valence-electron chi connectivity index (χ3n) is 3.65. The molecular formula is C16H25NO. The van der Waals surface area contributed by atoms with Crippen LogP contribution in [0, 0.1) is 6.92 Å². The number of rotatable bonds is 2. The Hall–Kier alpha value is -1.02. The fourth-order valence-electron chi connectivity index (χ4n) is 2.58. The van der Waals surface area contributed by atoms with E-state index in [0.717, 1.165) is 25.3 Å². The Kier molecular flexibility index (Phi) is 3.67. The van der Waals surface area contributed by atoms with Crippen LogP contribution in [0.25, 0.3) is 0 Å². The van der Waals surface area contributed by atoms with Gasteiger partial charge in [0.05, 0.1) is 6.61 Å². The van der Waals surface area contributed by atoms with Gasteiger partial charge >= 0.3 is 0 Å². The SMILES string of the molecule is CCNC1CCOc2c(C)cc(C(C)(C)C)cc21. The van der Waals surface area contributed by atoms with Gasteiger partial charge in [-0.1, -0.05) is 33.8 Å². The van der Waals surface area contributed by atoms with Gasteiger partial charge in [0.2, 0.25) is 0 Å². The largest absolute Gasteiger partial charge is 0.493 e. The third kappa shape index (κ3) is 2.54. The van der Waals surface area contributed by atoms with E-state index in [1.165, 1.54) is 16.7 Å². The summed E-state index contributed by atoms with van der Waals surface area (Å²) in [5, 5.41) is 3.57. The Morgan fingerprint density at radius 2 is 2.06 bits per heavy atom. The highest BCUT2D eigenvalue weighted by Gasteiger charge is 2.25. The fourth-order valence-corrected chi connectivity index (χ4v) is 2.58. The summed E-state index contributed by atoms with van der Waals surface area (Å²) in [6.45, 7) is 12.9. The van der Waals surface area contributed by atoms with Gasteiger partial charge in [0.25, 0.3) is 0 Å². The van der Waals surface area contributed by atoms with Crippen LogP contribution in [0.1, 0.15) is 56.8 Å². The lowest BCUT2D eigenvalue weighted by atomic mass is 9.83. The van der Waals surface area contributed by atoms with Crippen LogP contribution in [-0.4, -0.2) is 13.2 Å². The molecule has 0 radical (unpaired) electrons. The summed E-state index contributed by atoms with van der Waals surface area (Å²) in [6.07, 6.45) is 1.06. The molecule has 1 heterocycles. The Labute approximate surface area is 111 Å². The molecule has 0 spiro atoms. The van der Waals surface area contributed by atoms with Gasteiger partial charge in [-0.2, -0.15) is 0 Å². The molecule has 2 nitrogen and oxygen atoms in total. The predicted octanol–water partition coefficient (Wildman–Crippen LogP) is 3.73. The standard InChI is InChI=1S/C16H25NO/c1-6-17-14-7-8-18-15-11(2)9-12(10-13(14)15)16(3,4)5/h9-10,14,17H,6-8H2,1-5H3. The average molecular weight is 247 g/mol. The van der Waals surface area contributed by atoms with Crippen molar-refractivity contribution in [2.75, 3.05) is 13.2 Å². The summed E-state index contributed by atoms with van der Waals surface area (Å²) in [6, 6.07) is 5.04. The predicted molar refractivity (Wildman–Crippen MR) is 76.4 cm³/mol. The second-order valence-electron chi connectivity index (χ2n) is 6.21. The van der Waals surface area contributed by atoms with Gasteiger partial charge in [-0.3, -0.25) is 0 Å². The molecule has 0 aliphatic carbocycles. The second-order valence-corrected chi connectivity index (χ2v) is 6.21. The molecule has 1 aliphatic heterocycles. The van der Waals surface area contributed by atoms with Gasteiger partial charge in [-0.15, -0.1) is 0 Å². The van der Waals surface area contributed by atoms with Crippen molar-refractivity contribution in [1.82, 2.24) is 5.32 Å². The minimum Gasteiger partial charge on any atom is -0.493 e. The highest BCUT2D eigenvalue weighted by molar-refractivity contribution is 5.48. The Bertz CT molecular complexity index is 431. The molecular weight excluding hydrogens is 222 g/mol. The smallest absolute Gasteiger partial charge is 0.126 e. The normalized spacial score (nSPS) is 19.3. The van der Waals surface area contributed by atoms with Crippen molar-refractivity contribution in [2.45, 2.75) is 52.5 Å². The Morgan fingerprint density at radius 3 is 2.67 bits per heavy atom. The van der Waals surface area contributed by atoms with Crippen molar-refractivity contribution in [3.8, 4) is 5.75 Å². The molecule has 2 rings (SSSR count). The number of benzene rings is 1. The molecule has 100 valence electrons. The maximum absolute atomic E-state index is 5.86. The fraction of sp³-hybridized carbons (Fsp3) is 0.625. The minimum absolute atomic E-state index is 0.188. The van der Waals surface area contributed by atoms with Crippen LogP contribution < -0.4 is 10.1 Å². The number of ether oxygens (including phenoxy) is 1. The molecule has 1 aromatic rings. The van der Waals surface area contributed by atoms with Crippen molar-refractivity contribution < 1.29 is 4.74 Å². The van der Waals surface area contributed by atoms with E-state index in [4.69, 9.17) is 4.74 Å². The number of aryl methyl sites for hydroxylation is 1. The molecule has 0 saturated carbocycles. The lowest BCUT2D eigenvalue weighted by Gasteiger charge is -2.30. The van der Waals surface area contributed by atoms with E-state index in [-0.39, 0.29) is 5.41 Å². The zero-order valence-corrected chi connectivity index (χ0v) is 12.3. The summed E-state index contributed by atoms with van der Waals surface area (Å²) >= 11 is 0. The quantitative estimate of drug-likeness (QED) is 0.860. The highest BCUT2D eigenvalue weighted by Crippen LogP contribution is 2.38. The van der Waals surface area contributed by atoms with Gasteiger partial charge in [-0.25, -0.2) is 0 Å². The van der Waals surface area contributed by atoms with Crippen molar-refractivity contribution in [3.05, 3.63) is 28.8 Å². The van der Waals surface area contributed by atoms with Crippen LogP contribution in [0.2, 0.25) is 0 Å². The maximum Gasteiger partial charge on any atom is 0.126 e. The second kappa shape index (κ2) is 4.93. The minimum atomic E-state index is 0.188. The third-order valence-corrected chi connectivity index (χ3v) is 3.65. The van der Waals surface area contributed by atoms with E-state index in [9.17, 15) is 0 Å². The Morgan fingerprint density at radius 1 is 1.33 bits per heavy atom. The number of fused-ring (bicyclic) bond motifs is 1. The van der Waals surface area contributed by atoms with Crippen molar-refractivity contribution in [2.24, 2.45) is 0 Å². The molecule has 0 bridgehead atoms. The zero-order valence-electron chi connectivity index (χ0n) is 12.3. The molecule has 0 fully saturated rings. The maximum atomic E-state index is 5.86. The van der Waals surface area contributed by atoms with Gasteiger partial charge in [0.1, 0.15) is 5.75 Å². The van der Waals surface area contributed by atoms with E-state index >= 15 is 0 Å². The van der Waals surface area contributed by atoms with E-state index in [0.29, 0.717) is 6.04 Å². The molecule has 1 aliphatic rings. The van der Waals surface area contributed by atoms with E-state index < -0.39 is 0 Å². The summed E-state index contributed by atoms with van der Waals surface area (Å²) in [5.41, 5.74) is 4.19. The first-order chi connectivity index (χ1) is 8.43. The van der Waals surface area contributed by atoms with E-state index in [2.05, 4.69) is 52.1 Å². The molecule has 2 heteroatoms. The highest BCUT2D eigenvalue weighted by atomic mass is 16.5. The molecule has 0 amide bonds. The lowest BCUT2D eigenvalue weighted by Crippen LogP contribution is -2.28. The van der Waals surface area contributed by atoms with Crippen LogP contribution >= 0.6 is 0 Å². The van der Waals surface area contributed by atoms with Gasteiger partial charge in [0, 0.05) is 18.0 Å². The van der Waals surface area contributed by atoms with Gasteiger partial charge < -0.3 is 10.1 Å².